The maximum atomic E-state index is 11.7. The lowest BCUT2D eigenvalue weighted by Gasteiger charge is -2.41. The summed E-state index contributed by atoms with van der Waals surface area (Å²) in [5.41, 5.74) is 3.22. The average molecular weight is 485 g/mol. The summed E-state index contributed by atoms with van der Waals surface area (Å²) in [6.07, 6.45) is 1.87. The Balaban J connectivity index is 1.38. The fourth-order valence-corrected chi connectivity index (χ4v) is 4.68. The van der Waals surface area contributed by atoms with Crippen molar-refractivity contribution in [2.45, 2.75) is 51.7 Å². The first-order valence-corrected chi connectivity index (χ1v) is 11.9. The SMILES string of the molecule is Cc1cc(CN(Cc2ccc(Cl)cc2)C2CC(C(=O)O)C2)ccc1OCCN1C(=O)CCC1=O. The monoisotopic (exact) mass is 484 g/mol. The lowest BCUT2D eigenvalue weighted by molar-refractivity contribution is -0.147. The van der Waals surface area contributed by atoms with Crippen molar-refractivity contribution in [1.82, 2.24) is 9.80 Å². The van der Waals surface area contributed by atoms with Gasteiger partial charge in [0.05, 0.1) is 12.5 Å². The summed E-state index contributed by atoms with van der Waals surface area (Å²) < 4.78 is 5.84. The molecule has 1 saturated heterocycles. The Morgan fingerprint density at radius 1 is 1.06 bits per heavy atom. The minimum atomic E-state index is -0.725. The number of hydrogen-bond acceptors (Lipinski definition) is 5. The average Bonchev–Trinajstić information content (AvgIpc) is 3.07. The van der Waals surface area contributed by atoms with E-state index in [1.807, 2.05) is 43.3 Å². The molecule has 4 rings (SSSR count). The lowest BCUT2D eigenvalue weighted by atomic mass is 9.79. The largest absolute Gasteiger partial charge is 0.491 e. The number of carbonyl (C=O) groups is 3. The third kappa shape index (κ3) is 5.77. The fourth-order valence-electron chi connectivity index (χ4n) is 4.55. The molecule has 1 aliphatic carbocycles. The van der Waals surface area contributed by atoms with Crippen LogP contribution in [0.4, 0.5) is 0 Å². The number of aliphatic carboxylic acids is 1. The first-order chi connectivity index (χ1) is 16.3. The van der Waals surface area contributed by atoms with Gasteiger partial charge in [0.15, 0.2) is 0 Å². The third-order valence-electron chi connectivity index (χ3n) is 6.63. The molecule has 7 nitrogen and oxygen atoms in total. The summed E-state index contributed by atoms with van der Waals surface area (Å²) in [7, 11) is 0. The Kier molecular flexibility index (Phi) is 7.54. The van der Waals surface area contributed by atoms with Gasteiger partial charge in [0.2, 0.25) is 11.8 Å². The highest BCUT2D eigenvalue weighted by molar-refractivity contribution is 6.30. The van der Waals surface area contributed by atoms with E-state index in [1.54, 1.807) is 0 Å². The number of imide groups is 1. The molecule has 0 radical (unpaired) electrons. The van der Waals surface area contributed by atoms with Gasteiger partial charge < -0.3 is 9.84 Å². The third-order valence-corrected chi connectivity index (χ3v) is 6.88. The van der Waals surface area contributed by atoms with Crippen molar-refractivity contribution < 1.29 is 24.2 Å². The molecule has 2 aromatic carbocycles. The van der Waals surface area contributed by atoms with Gasteiger partial charge in [-0.05, 0) is 54.7 Å². The second-order valence-electron chi connectivity index (χ2n) is 9.08. The molecule has 0 bridgehead atoms. The number of likely N-dealkylation sites (tertiary alicyclic amines) is 1. The molecule has 1 saturated carbocycles. The number of carbonyl (C=O) groups excluding carboxylic acids is 2. The molecule has 1 N–H and O–H groups in total. The van der Waals surface area contributed by atoms with Crippen molar-refractivity contribution in [3.63, 3.8) is 0 Å². The van der Waals surface area contributed by atoms with Crippen molar-refractivity contribution in [3.05, 3.63) is 64.2 Å². The predicted octanol–water partition coefficient (Wildman–Crippen LogP) is 4.04. The van der Waals surface area contributed by atoms with Crippen LogP contribution >= 0.6 is 11.6 Å². The Bertz CT molecular complexity index is 1050. The van der Waals surface area contributed by atoms with Gasteiger partial charge in [-0.15, -0.1) is 0 Å². The molecule has 0 aromatic heterocycles. The summed E-state index contributed by atoms with van der Waals surface area (Å²) in [5, 5.41) is 9.98. The normalized spacial score (nSPS) is 20.0. The van der Waals surface area contributed by atoms with Crippen LogP contribution in [-0.2, 0) is 27.5 Å². The van der Waals surface area contributed by atoms with Crippen LogP contribution in [0.2, 0.25) is 5.02 Å². The summed E-state index contributed by atoms with van der Waals surface area (Å²) in [6.45, 7) is 3.90. The molecular formula is C26H29ClN2O5. The van der Waals surface area contributed by atoms with Crippen LogP contribution in [0.3, 0.4) is 0 Å². The molecule has 1 heterocycles. The summed E-state index contributed by atoms with van der Waals surface area (Å²) >= 11 is 6.03. The quantitative estimate of drug-likeness (QED) is 0.512. The molecule has 34 heavy (non-hydrogen) atoms. The van der Waals surface area contributed by atoms with Crippen LogP contribution in [0.1, 0.15) is 42.4 Å². The van der Waals surface area contributed by atoms with E-state index < -0.39 is 5.97 Å². The molecular weight excluding hydrogens is 456 g/mol. The number of nitrogens with zero attached hydrogens (tertiary/aromatic N) is 2. The van der Waals surface area contributed by atoms with Crippen molar-refractivity contribution >= 4 is 29.4 Å². The molecule has 8 heteroatoms. The van der Waals surface area contributed by atoms with E-state index in [4.69, 9.17) is 16.3 Å². The van der Waals surface area contributed by atoms with E-state index in [-0.39, 0.29) is 49.8 Å². The lowest BCUT2D eigenvalue weighted by Crippen LogP contribution is -2.46. The molecule has 2 aliphatic rings. The molecule has 0 spiro atoms. The molecule has 0 unspecified atom stereocenters. The van der Waals surface area contributed by atoms with E-state index in [9.17, 15) is 19.5 Å². The fraction of sp³-hybridized carbons (Fsp3) is 0.423. The number of carboxylic acid groups (broad SMARTS) is 1. The highest BCUT2D eigenvalue weighted by Gasteiger charge is 2.38. The number of ether oxygens (including phenoxy) is 1. The number of aryl methyl sites for hydroxylation is 1. The van der Waals surface area contributed by atoms with Crippen LogP contribution in [-0.4, -0.2) is 51.9 Å². The van der Waals surface area contributed by atoms with Gasteiger partial charge in [-0.3, -0.25) is 24.2 Å². The van der Waals surface area contributed by atoms with Gasteiger partial charge >= 0.3 is 5.97 Å². The van der Waals surface area contributed by atoms with E-state index in [2.05, 4.69) is 11.0 Å². The maximum absolute atomic E-state index is 11.7. The van der Waals surface area contributed by atoms with E-state index in [0.29, 0.717) is 31.0 Å². The van der Waals surface area contributed by atoms with Crippen LogP contribution < -0.4 is 4.74 Å². The Hall–Kier alpha value is -2.90. The van der Waals surface area contributed by atoms with Crippen LogP contribution in [0, 0.1) is 12.8 Å². The van der Waals surface area contributed by atoms with Gasteiger partial charge in [-0.25, -0.2) is 0 Å². The smallest absolute Gasteiger partial charge is 0.306 e. The summed E-state index contributed by atoms with van der Waals surface area (Å²) in [6, 6.07) is 14.0. The molecule has 2 aromatic rings. The Morgan fingerprint density at radius 3 is 2.29 bits per heavy atom. The maximum Gasteiger partial charge on any atom is 0.306 e. The highest BCUT2D eigenvalue weighted by atomic mass is 35.5. The van der Waals surface area contributed by atoms with Crippen molar-refractivity contribution in [2.75, 3.05) is 13.2 Å². The standard InChI is InChI=1S/C26H29ClN2O5/c1-17-12-19(4-7-23(17)34-11-10-29-24(30)8-9-25(29)31)16-28(22-13-20(14-22)26(32)33)15-18-2-5-21(27)6-3-18/h2-7,12,20,22H,8-11,13-16H2,1H3,(H,32,33). The van der Waals surface area contributed by atoms with Crippen molar-refractivity contribution in [2.24, 2.45) is 5.92 Å². The molecule has 0 atom stereocenters. The number of halogens is 1. The summed E-state index contributed by atoms with van der Waals surface area (Å²) in [4.78, 5) is 38.4. The van der Waals surface area contributed by atoms with Gasteiger partial charge in [0, 0.05) is 37.0 Å². The van der Waals surface area contributed by atoms with Crippen LogP contribution in [0.15, 0.2) is 42.5 Å². The van der Waals surface area contributed by atoms with Crippen molar-refractivity contribution in [3.8, 4) is 5.75 Å². The predicted molar refractivity (Wildman–Crippen MR) is 127 cm³/mol. The number of hydrogen-bond donors (Lipinski definition) is 1. The van der Waals surface area contributed by atoms with Crippen molar-refractivity contribution in [1.29, 1.82) is 0 Å². The van der Waals surface area contributed by atoms with Gasteiger partial charge in [-0.1, -0.05) is 35.9 Å². The highest BCUT2D eigenvalue weighted by Crippen LogP contribution is 2.34. The summed E-state index contributed by atoms with van der Waals surface area (Å²) in [5.74, 6) is -0.547. The zero-order valence-electron chi connectivity index (χ0n) is 19.2. The minimum Gasteiger partial charge on any atom is -0.491 e. The second-order valence-corrected chi connectivity index (χ2v) is 9.52. The minimum absolute atomic E-state index is 0.136. The number of carboxylic acids is 1. The molecule has 180 valence electrons. The topological polar surface area (TPSA) is 87.2 Å². The Morgan fingerprint density at radius 2 is 1.68 bits per heavy atom. The second kappa shape index (κ2) is 10.6. The van der Waals surface area contributed by atoms with E-state index in [0.717, 1.165) is 22.4 Å². The first kappa shape index (κ1) is 24.2. The zero-order valence-corrected chi connectivity index (χ0v) is 20.0. The van der Waals surface area contributed by atoms with Gasteiger partial charge in [0.1, 0.15) is 12.4 Å². The van der Waals surface area contributed by atoms with Crippen LogP contribution in [0.25, 0.3) is 0 Å². The number of amides is 2. The molecule has 1 aliphatic heterocycles. The van der Waals surface area contributed by atoms with Crippen LogP contribution in [0.5, 0.6) is 5.75 Å². The number of rotatable bonds is 10. The van der Waals surface area contributed by atoms with E-state index in [1.165, 1.54) is 4.90 Å². The Labute approximate surface area is 204 Å². The van der Waals surface area contributed by atoms with Gasteiger partial charge in [-0.2, -0.15) is 0 Å². The molecule has 2 fully saturated rings. The zero-order chi connectivity index (χ0) is 24.2. The molecule has 2 amide bonds. The number of benzene rings is 2. The van der Waals surface area contributed by atoms with E-state index >= 15 is 0 Å². The first-order valence-electron chi connectivity index (χ1n) is 11.6. The van der Waals surface area contributed by atoms with Gasteiger partial charge in [0.25, 0.3) is 0 Å².